The van der Waals surface area contributed by atoms with Crippen molar-refractivity contribution in [3.63, 3.8) is 0 Å². The molecule has 0 fully saturated rings. The van der Waals surface area contributed by atoms with Crippen LogP contribution >= 0.6 is 11.6 Å². The highest BCUT2D eigenvalue weighted by atomic mass is 35.5. The molecule has 0 bridgehead atoms. The quantitative estimate of drug-likeness (QED) is 0.350. The summed E-state index contributed by atoms with van der Waals surface area (Å²) in [6.07, 6.45) is -0.148. The van der Waals surface area contributed by atoms with Gasteiger partial charge in [0.25, 0.3) is 5.91 Å². The summed E-state index contributed by atoms with van der Waals surface area (Å²) >= 11 is 5.71. The maximum atomic E-state index is 14.0. The van der Waals surface area contributed by atoms with Gasteiger partial charge in [0, 0.05) is 24.5 Å². The van der Waals surface area contributed by atoms with E-state index in [0.717, 1.165) is 22.0 Å². The van der Waals surface area contributed by atoms with Crippen LogP contribution in [0.5, 0.6) is 0 Å². The van der Waals surface area contributed by atoms with Crippen LogP contribution in [0.15, 0.2) is 61.1 Å². The number of alkyl halides is 3. The van der Waals surface area contributed by atoms with Gasteiger partial charge in [-0.3, -0.25) is 14.2 Å². The van der Waals surface area contributed by atoms with Gasteiger partial charge in [0.1, 0.15) is 5.82 Å². The molecule has 2 aromatic carbocycles. The number of aryl methyl sites for hydroxylation is 1. The summed E-state index contributed by atoms with van der Waals surface area (Å²) in [5.74, 6) is -1.76. The van der Waals surface area contributed by atoms with Crippen LogP contribution in [-0.2, 0) is 25.8 Å². The molecule has 0 aliphatic rings. The van der Waals surface area contributed by atoms with Gasteiger partial charge in [-0.05, 0) is 29.7 Å². The lowest BCUT2D eigenvalue weighted by Gasteiger charge is -2.08. The normalized spacial score (nSPS) is 11.6. The SMILES string of the molecule is Cc1cnn(Cc2ccc(Cn3cc(C(=O)NCc4cccc(Cl)c4F)c(C(F)(F)F)n3)cc2)c1. The number of benzene rings is 2. The molecule has 0 saturated heterocycles. The van der Waals surface area contributed by atoms with Crippen LogP contribution in [-0.4, -0.2) is 25.5 Å². The van der Waals surface area contributed by atoms with E-state index in [4.69, 9.17) is 11.6 Å². The van der Waals surface area contributed by atoms with Crippen molar-refractivity contribution in [3.05, 3.63) is 105 Å². The van der Waals surface area contributed by atoms with Gasteiger partial charge < -0.3 is 5.32 Å². The van der Waals surface area contributed by atoms with E-state index in [1.165, 1.54) is 18.2 Å². The first kappa shape index (κ1) is 24.5. The summed E-state index contributed by atoms with van der Waals surface area (Å²) in [5, 5.41) is 9.99. The Morgan fingerprint density at radius 2 is 1.69 bits per heavy atom. The van der Waals surface area contributed by atoms with E-state index in [0.29, 0.717) is 12.1 Å². The van der Waals surface area contributed by atoms with E-state index in [1.54, 1.807) is 23.0 Å². The van der Waals surface area contributed by atoms with Crippen molar-refractivity contribution in [2.45, 2.75) is 32.7 Å². The van der Waals surface area contributed by atoms with Gasteiger partial charge in [-0.25, -0.2) is 4.39 Å². The molecular weight excluding hydrogens is 486 g/mol. The van der Waals surface area contributed by atoms with Crippen molar-refractivity contribution in [2.24, 2.45) is 0 Å². The monoisotopic (exact) mass is 505 g/mol. The molecule has 0 spiro atoms. The van der Waals surface area contributed by atoms with Crippen LogP contribution in [0.1, 0.15) is 38.3 Å². The lowest BCUT2D eigenvalue weighted by atomic mass is 10.1. The van der Waals surface area contributed by atoms with Gasteiger partial charge in [-0.1, -0.05) is 48.0 Å². The molecule has 0 radical (unpaired) electrons. The average Bonchev–Trinajstić information content (AvgIpc) is 3.42. The summed E-state index contributed by atoms with van der Waals surface area (Å²) in [5.41, 5.74) is 0.810. The highest BCUT2D eigenvalue weighted by Crippen LogP contribution is 2.31. The lowest BCUT2D eigenvalue weighted by Crippen LogP contribution is -2.25. The summed E-state index contributed by atoms with van der Waals surface area (Å²) in [6, 6.07) is 11.5. The fourth-order valence-corrected chi connectivity index (χ4v) is 3.71. The minimum Gasteiger partial charge on any atom is -0.348 e. The Labute approximate surface area is 203 Å². The molecular formula is C24H20ClF4N5O. The summed E-state index contributed by atoms with van der Waals surface area (Å²) in [7, 11) is 0. The molecule has 0 aliphatic heterocycles. The third kappa shape index (κ3) is 5.89. The van der Waals surface area contributed by atoms with Crippen LogP contribution in [0, 0.1) is 12.7 Å². The number of halogens is 5. The number of carbonyl (C=O) groups is 1. The van der Waals surface area contributed by atoms with E-state index in [-0.39, 0.29) is 23.7 Å². The summed E-state index contributed by atoms with van der Waals surface area (Å²) in [4.78, 5) is 12.5. The van der Waals surface area contributed by atoms with Crippen LogP contribution in [0.3, 0.4) is 0 Å². The Kier molecular flexibility index (Phi) is 6.93. The number of amides is 1. The second kappa shape index (κ2) is 9.91. The molecule has 0 saturated carbocycles. The molecule has 35 heavy (non-hydrogen) atoms. The maximum absolute atomic E-state index is 14.0. The topological polar surface area (TPSA) is 64.7 Å². The van der Waals surface area contributed by atoms with Crippen LogP contribution < -0.4 is 5.32 Å². The second-order valence-corrected chi connectivity index (χ2v) is 8.42. The van der Waals surface area contributed by atoms with Gasteiger partial charge in [0.2, 0.25) is 0 Å². The van der Waals surface area contributed by atoms with Crippen molar-refractivity contribution in [1.29, 1.82) is 0 Å². The van der Waals surface area contributed by atoms with E-state index in [1.807, 2.05) is 25.3 Å². The number of hydrogen-bond acceptors (Lipinski definition) is 3. The number of aromatic nitrogens is 4. The van der Waals surface area contributed by atoms with E-state index in [9.17, 15) is 22.4 Å². The van der Waals surface area contributed by atoms with E-state index >= 15 is 0 Å². The van der Waals surface area contributed by atoms with Crippen molar-refractivity contribution >= 4 is 17.5 Å². The number of nitrogens with one attached hydrogen (secondary N) is 1. The molecule has 2 aromatic heterocycles. The molecule has 6 nitrogen and oxygen atoms in total. The number of hydrogen-bond donors (Lipinski definition) is 1. The van der Waals surface area contributed by atoms with Gasteiger partial charge in [-0.15, -0.1) is 0 Å². The zero-order valence-corrected chi connectivity index (χ0v) is 19.2. The largest absolute Gasteiger partial charge is 0.435 e. The van der Waals surface area contributed by atoms with Gasteiger partial charge in [0.05, 0.1) is 29.9 Å². The van der Waals surface area contributed by atoms with Crippen molar-refractivity contribution in [3.8, 4) is 0 Å². The lowest BCUT2D eigenvalue weighted by molar-refractivity contribution is -0.141. The molecule has 11 heteroatoms. The van der Waals surface area contributed by atoms with E-state index < -0.39 is 29.2 Å². The minimum atomic E-state index is -4.84. The molecule has 4 rings (SSSR count). The third-order valence-corrected chi connectivity index (χ3v) is 5.51. The molecule has 1 amide bonds. The standard InChI is InChI=1S/C24H20ClF4N5O/c1-15-9-31-33(11-15)12-16-5-7-17(8-6-16)13-34-14-19(22(32-34)24(27,28)29)23(35)30-10-18-3-2-4-20(25)21(18)26/h2-9,11,14H,10,12-13H2,1H3,(H,30,35). The third-order valence-electron chi connectivity index (χ3n) is 5.22. The fraction of sp³-hybridized carbons (Fsp3) is 0.208. The minimum absolute atomic E-state index is 0.0282. The smallest absolute Gasteiger partial charge is 0.348 e. The zero-order chi connectivity index (χ0) is 25.2. The first-order chi connectivity index (χ1) is 16.6. The van der Waals surface area contributed by atoms with E-state index in [2.05, 4.69) is 15.5 Å². The highest BCUT2D eigenvalue weighted by Gasteiger charge is 2.39. The molecule has 0 aliphatic carbocycles. The Morgan fingerprint density at radius 3 is 2.29 bits per heavy atom. The van der Waals surface area contributed by atoms with Gasteiger partial charge in [0.15, 0.2) is 5.69 Å². The predicted octanol–water partition coefficient (Wildman–Crippen LogP) is 5.23. The van der Waals surface area contributed by atoms with Crippen LogP contribution in [0.25, 0.3) is 0 Å². The first-order valence-corrected chi connectivity index (χ1v) is 10.9. The second-order valence-electron chi connectivity index (χ2n) is 8.01. The number of rotatable bonds is 7. The maximum Gasteiger partial charge on any atom is 0.435 e. The molecule has 2 heterocycles. The average molecular weight is 506 g/mol. The summed E-state index contributed by atoms with van der Waals surface area (Å²) in [6.45, 7) is 2.20. The van der Waals surface area contributed by atoms with Crippen molar-refractivity contribution in [1.82, 2.24) is 24.9 Å². The fourth-order valence-electron chi connectivity index (χ4n) is 3.51. The number of nitrogens with zero attached hydrogens (tertiary/aromatic N) is 4. The first-order valence-electron chi connectivity index (χ1n) is 10.5. The van der Waals surface area contributed by atoms with Crippen LogP contribution in [0.4, 0.5) is 17.6 Å². The Hall–Kier alpha value is -3.66. The predicted molar refractivity (Wildman–Crippen MR) is 121 cm³/mol. The Bertz CT molecular complexity index is 1340. The summed E-state index contributed by atoms with van der Waals surface area (Å²) < 4.78 is 57.6. The molecule has 182 valence electrons. The molecule has 0 unspecified atom stereocenters. The molecule has 1 N–H and O–H groups in total. The highest BCUT2D eigenvalue weighted by molar-refractivity contribution is 6.30. The Morgan fingerprint density at radius 1 is 1.03 bits per heavy atom. The molecule has 0 atom stereocenters. The molecule has 4 aromatic rings. The van der Waals surface area contributed by atoms with Gasteiger partial charge in [-0.2, -0.15) is 23.4 Å². The number of carbonyl (C=O) groups excluding carboxylic acids is 1. The Balaban J connectivity index is 1.48. The van der Waals surface area contributed by atoms with Gasteiger partial charge >= 0.3 is 6.18 Å². The van der Waals surface area contributed by atoms with Crippen LogP contribution in [0.2, 0.25) is 5.02 Å². The van der Waals surface area contributed by atoms with Crippen molar-refractivity contribution in [2.75, 3.05) is 0 Å². The van der Waals surface area contributed by atoms with Crippen molar-refractivity contribution < 1.29 is 22.4 Å². The zero-order valence-electron chi connectivity index (χ0n) is 18.5.